The predicted molar refractivity (Wildman–Crippen MR) is 36.0 cm³/mol. The van der Waals surface area contributed by atoms with Crippen LogP contribution in [-0.4, -0.2) is 11.2 Å². The van der Waals surface area contributed by atoms with E-state index in [1.165, 1.54) is 18.2 Å². The molecule has 1 aromatic heterocycles. The monoisotopic (exact) mass is 146 g/mol. The normalized spacial score (nSPS) is 15.9. The maximum Gasteiger partial charge on any atom is 0.213 e. The molecule has 0 atom stereocenters. The Balaban J connectivity index is 2.77. The maximum absolute atomic E-state index is 12.4. The number of rotatable bonds is 1. The zero-order valence-electron chi connectivity index (χ0n) is 7.47. The molecule has 0 aliphatic heterocycles. The van der Waals surface area contributed by atoms with E-state index < -0.39 is 12.1 Å². The van der Waals surface area contributed by atoms with Crippen molar-refractivity contribution < 1.29 is 8.50 Å². The van der Waals surface area contributed by atoms with E-state index in [-0.39, 0.29) is 5.03 Å². The topological polar surface area (TPSA) is 12.9 Å². The lowest BCUT2D eigenvalue weighted by Gasteiger charge is -1.91. The molecule has 0 radical (unpaired) electrons. The van der Waals surface area contributed by atoms with E-state index in [1.807, 2.05) is 0 Å². The number of hydrogen-bond donors (Lipinski definition) is 0. The van der Waals surface area contributed by atoms with Crippen LogP contribution in [0.5, 0.6) is 0 Å². The van der Waals surface area contributed by atoms with E-state index in [9.17, 15) is 4.39 Å². The van der Waals surface area contributed by atoms with Gasteiger partial charge in [0.2, 0.25) is 5.95 Å². The first-order valence-corrected chi connectivity index (χ1v) is 3.10. The van der Waals surface area contributed by atoms with Crippen LogP contribution in [0.15, 0.2) is 23.2 Å². The summed E-state index contributed by atoms with van der Waals surface area (Å²) in [5, 5.41) is 0.176. The Morgan fingerprint density at radius 2 is 2.67 bits per heavy atom. The van der Waals surface area contributed by atoms with Crippen LogP contribution in [0.3, 0.4) is 0 Å². The van der Waals surface area contributed by atoms with Gasteiger partial charge in [0.05, 0.1) is 5.03 Å². The molecule has 3 heteroatoms. The fourth-order valence-corrected chi connectivity index (χ4v) is 0.726. The first-order valence-electron chi connectivity index (χ1n) is 3.79. The molecule has 9 heavy (non-hydrogen) atoms. The number of halogens is 1. The summed E-state index contributed by atoms with van der Waals surface area (Å²) in [5.74, 6) is -0.663. The van der Waals surface area contributed by atoms with Crippen LogP contribution < -0.4 is 0 Å². The molecule has 0 aliphatic rings. The Morgan fingerprint density at radius 3 is 3.33 bits per heavy atom. The van der Waals surface area contributed by atoms with Crippen molar-refractivity contribution in [3.63, 3.8) is 0 Å². The molecule has 0 amide bonds. The van der Waals surface area contributed by atoms with Gasteiger partial charge >= 0.3 is 0 Å². The van der Waals surface area contributed by atoms with Gasteiger partial charge in [0, 0.05) is 4.11 Å². The van der Waals surface area contributed by atoms with Crippen LogP contribution in [0.25, 0.3) is 0 Å². The van der Waals surface area contributed by atoms with E-state index in [2.05, 4.69) is 4.98 Å². The molecule has 0 spiro atoms. The molecule has 0 fully saturated rings. The summed E-state index contributed by atoms with van der Waals surface area (Å²) in [5.41, 5.74) is 0. The van der Waals surface area contributed by atoms with Crippen LogP contribution >= 0.6 is 11.8 Å². The van der Waals surface area contributed by atoms with E-state index in [0.29, 0.717) is 11.8 Å². The Hall–Kier alpha value is -0.570. The predicted octanol–water partition coefficient (Wildman–Crippen LogP) is 1.94. The SMILES string of the molecule is [2H]C([2H])([2H])Sc1cccc(F)n1. The standard InChI is InChI=1S/C6H6FNS/c1-9-6-4-2-3-5(7)8-6/h2-4H,1H3/i1D3. The van der Waals surface area contributed by atoms with Crippen LogP contribution in [0.2, 0.25) is 0 Å². The zero-order valence-corrected chi connectivity index (χ0v) is 5.28. The van der Waals surface area contributed by atoms with Gasteiger partial charge in [-0.25, -0.2) is 4.98 Å². The summed E-state index contributed by atoms with van der Waals surface area (Å²) in [7, 11) is 0. The molecular formula is C6H6FNS. The average molecular weight is 146 g/mol. The van der Waals surface area contributed by atoms with Gasteiger partial charge in [0.15, 0.2) is 0 Å². The van der Waals surface area contributed by atoms with Crippen molar-refractivity contribution in [3.8, 4) is 0 Å². The van der Waals surface area contributed by atoms with Crippen molar-refractivity contribution in [2.75, 3.05) is 6.18 Å². The lowest BCUT2D eigenvalue weighted by molar-refractivity contribution is 0.572. The van der Waals surface area contributed by atoms with E-state index in [4.69, 9.17) is 4.11 Å². The van der Waals surface area contributed by atoms with Crippen molar-refractivity contribution in [3.05, 3.63) is 24.1 Å². The van der Waals surface area contributed by atoms with Crippen molar-refractivity contribution in [2.45, 2.75) is 5.03 Å². The highest BCUT2D eigenvalue weighted by Gasteiger charge is 1.91. The van der Waals surface area contributed by atoms with Gasteiger partial charge in [-0.05, 0) is 18.3 Å². The molecule has 0 N–H and O–H groups in total. The number of aromatic nitrogens is 1. The number of hydrogen-bond acceptors (Lipinski definition) is 2. The molecule has 48 valence electrons. The summed E-state index contributed by atoms with van der Waals surface area (Å²) in [4.78, 5) is 3.39. The smallest absolute Gasteiger partial charge is 0.213 e. The summed E-state index contributed by atoms with van der Waals surface area (Å²) >= 11 is 0.564. The summed E-state index contributed by atoms with van der Waals surface area (Å²) in [6.07, 6.45) is -2.17. The molecule has 0 saturated heterocycles. The molecule has 0 aliphatic carbocycles. The van der Waals surface area contributed by atoms with E-state index >= 15 is 0 Å². The van der Waals surface area contributed by atoms with Gasteiger partial charge < -0.3 is 0 Å². The van der Waals surface area contributed by atoms with Crippen molar-refractivity contribution in [1.29, 1.82) is 0 Å². The van der Waals surface area contributed by atoms with Crippen LogP contribution in [-0.2, 0) is 0 Å². The van der Waals surface area contributed by atoms with Gasteiger partial charge in [-0.2, -0.15) is 4.39 Å². The third-order valence-corrected chi connectivity index (χ3v) is 1.23. The molecule has 1 aromatic rings. The largest absolute Gasteiger partial charge is 0.213 e. The minimum Gasteiger partial charge on any atom is -0.213 e. The van der Waals surface area contributed by atoms with Crippen LogP contribution in [0, 0.1) is 5.95 Å². The summed E-state index contributed by atoms with van der Waals surface area (Å²) in [6.45, 7) is 0. The van der Waals surface area contributed by atoms with Gasteiger partial charge in [-0.15, -0.1) is 11.8 Å². The van der Waals surface area contributed by atoms with E-state index in [1.54, 1.807) is 0 Å². The molecule has 0 bridgehead atoms. The summed E-state index contributed by atoms with van der Waals surface area (Å²) < 4.78 is 33.1. The lowest BCUT2D eigenvalue weighted by atomic mass is 10.5. The lowest BCUT2D eigenvalue weighted by Crippen LogP contribution is -1.81. The number of pyridine rings is 1. The molecular weight excluding hydrogens is 137 g/mol. The van der Waals surface area contributed by atoms with Crippen LogP contribution in [0.1, 0.15) is 4.11 Å². The Labute approximate surface area is 61.5 Å². The minimum absolute atomic E-state index is 0.176. The average Bonchev–Trinajstić information content (AvgIpc) is 1.82. The molecule has 1 heterocycles. The van der Waals surface area contributed by atoms with Crippen molar-refractivity contribution >= 4 is 11.8 Å². The first-order chi connectivity index (χ1) is 5.47. The second-order valence-electron chi connectivity index (χ2n) is 1.40. The zero-order chi connectivity index (χ0) is 9.19. The second kappa shape index (κ2) is 2.82. The van der Waals surface area contributed by atoms with Gasteiger partial charge in [0.25, 0.3) is 0 Å². The Bertz CT molecular complexity index is 276. The number of thioether (sulfide) groups is 1. The molecule has 0 saturated carbocycles. The molecule has 1 nitrogen and oxygen atoms in total. The quantitative estimate of drug-likeness (QED) is 0.443. The molecule has 0 unspecified atom stereocenters. The van der Waals surface area contributed by atoms with Gasteiger partial charge in [-0.3, -0.25) is 0 Å². The fourth-order valence-electron chi connectivity index (χ4n) is 0.446. The minimum atomic E-state index is -2.17. The second-order valence-corrected chi connectivity index (χ2v) is 2.02. The fraction of sp³-hybridized carbons (Fsp3) is 0.167. The molecule has 0 aromatic carbocycles. The van der Waals surface area contributed by atoms with Gasteiger partial charge in [-0.1, -0.05) is 6.07 Å². The van der Waals surface area contributed by atoms with Gasteiger partial charge in [0.1, 0.15) is 0 Å². The highest BCUT2D eigenvalue weighted by Crippen LogP contribution is 2.09. The van der Waals surface area contributed by atoms with Crippen LogP contribution in [0.4, 0.5) is 4.39 Å². The Kier molecular flexibility index (Phi) is 1.12. The first kappa shape index (κ1) is 3.56. The highest BCUT2D eigenvalue weighted by molar-refractivity contribution is 7.98. The third kappa shape index (κ3) is 1.68. The summed E-state index contributed by atoms with van der Waals surface area (Å²) in [6, 6.07) is 4.06. The van der Waals surface area contributed by atoms with Crippen molar-refractivity contribution in [2.24, 2.45) is 0 Å². The maximum atomic E-state index is 12.4. The van der Waals surface area contributed by atoms with E-state index in [0.717, 1.165) is 0 Å². The molecule has 1 rings (SSSR count). The number of nitrogens with zero attached hydrogens (tertiary/aromatic N) is 1. The van der Waals surface area contributed by atoms with Crippen molar-refractivity contribution in [1.82, 2.24) is 4.98 Å². The highest BCUT2D eigenvalue weighted by atomic mass is 32.2. The third-order valence-electron chi connectivity index (χ3n) is 0.794. The Morgan fingerprint density at radius 1 is 1.78 bits per heavy atom.